The van der Waals surface area contributed by atoms with Gasteiger partial charge in [0, 0.05) is 12.8 Å². The lowest BCUT2D eigenvalue weighted by Crippen LogP contribution is -2.27. The number of fused-ring (bicyclic) bond motifs is 4. The van der Waals surface area contributed by atoms with Crippen molar-refractivity contribution in [2.45, 2.75) is 25.0 Å². The van der Waals surface area contributed by atoms with Crippen LogP contribution < -0.4 is 5.06 Å². The van der Waals surface area contributed by atoms with Gasteiger partial charge in [0.25, 0.3) is 0 Å². The second kappa shape index (κ2) is 3.59. The molecule has 2 aliphatic heterocycles. The van der Waals surface area contributed by atoms with Crippen LogP contribution in [0.2, 0.25) is 0 Å². The van der Waals surface area contributed by atoms with Gasteiger partial charge in [0.1, 0.15) is 17.6 Å². The van der Waals surface area contributed by atoms with E-state index in [1.807, 2.05) is 17.2 Å². The van der Waals surface area contributed by atoms with Gasteiger partial charge in [-0.15, -0.1) is 0 Å². The van der Waals surface area contributed by atoms with Gasteiger partial charge in [-0.2, -0.15) is 0 Å². The number of anilines is 1. The SMILES string of the molecule is Fc1ccc2c(c1)C[C@@H]1C[C@@H](c3ccco3)N2O1. The van der Waals surface area contributed by atoms with Crippen molar-refractivity contribution >= 4 is 5.69 Å². The van der Waals surface area contributed by atoms with Gasteiger partial charge in [0.05, 0.1) is 18.1 Å². The van der Waals surface area contributed by atoms with E-state index in [1.54, 1.807) is 18.4 Å². The third-order valence-corrected chi connectivity index (χ3v) is 3.63. The van der Waals surface area contributed by atoms with Crippen LogP contribution in [0.4, 0.5) is 10.1 Å². The summed E-state index contributed by atoms with van der Waals surface area (Å²) >= 11 is 0. The number of halogens is 1. The van der Waals surface area contributed by atoms with E-state index in [1.165, 1.54) is 6.07 Å². The molecule has 0 aliphatic carbocycles. The zero-order valence-electron chi connectivity index (χ0n) is 9.67. The van der Waals surface area contributed by atoms with E-state index in [9.17, 15) is 4.39 Å². The molecule has 0 unspecified atom stereocenters. The molecule has 2 bridgehead atoms. The third-order valence-electron chi connectivity index (χ3n) is 3.63. The largest absolute Gasteiger partial charge is 0.467 e. The lowest BCUT2D eigenvalue weighted by molar-refractivity contribution is 0.0723. The molecule has 1 saturated heterocycles. The molecule has 0 radical (unpaired) electrons. The van der Waals surface area contributed by atoms with Gasteiger partial charge in [-0.3, -0.25) is 4.84 Å². The zero-order chi connectivity index (χ0) is 12.1. The molecule has 4 heteroatoms. The summed E-state index contributed by atoms with van der Waals surface area (Å²) in [6.45, 7) is 0. The molecule has 0 spiro atoms. The molecule has 3 nitrogen and oxygen atoms in total. The van der Waals surface area contributed by atoms with Crippen molar-refractivity contribution in [2.75, 3.05) is 5.06 Å². The molecule has 0 saturated carbocycles. The van der Waals surface area contributed by atoms with Crippen LogP contribution in [0.5, 0.6) is 0 Å². The second-order valence-corrected chi connectivity index (χ2v) is 4.80. The Balaban J connectivity index is 1.79. The first-order valence-corrected chi connectivity index (χ1v) is 6.09. The van der Waals surface area contributed by atoms with Crippen LogP contribution in [0.25, 0.3) is 0 Å². The van der Waals surface area contributed by atoms with E-state index in [2.05, 4.69) is 0 Å². The van der Waals surface area contributed by atoms with E-state index in [0.29, 0.717) is 0 Å². The maximum atomic E-state index is 13.3. The van der Waals surface area contributed by atoms with Crippen molar-refractivity contribution in [1.82, 2.24) is 0 Å². The topological polar surface area (TPSA) is 25.6 Å². The normalized spacial score (nSPS) is 25.3. The van der Waals surface area contributed by atoms with Crippen molar-refractivity contribution < 1.29 is 13.6 Å². The van der Waals surface area contributed by atoms with Crippen LogP contribution in [0.1, 0.15) is 23.8 Å². The number of hydroxylamine groups is 1. The second-order valence-electron chi connectivity index (χ2n) is 4.80. The maximum Gasteiger partial charge on any atom is 0.128 e. The molecule has 2 aliphatic rings. The predicted molar refractivity (Wildman–Crippen MR) is 63.5 cm³/mol. The predicted octanol–water partition coefficient (Wildman–Crippen LogP) is 3.23. The minimum absolute atomic E-state index is 0.0942. The highest BCUT2D eigenvalue weighted by Gasteiger charge is 2.41. The van der Waals surface area contributed by atoms with E-state index >= 15 is 0 Å². The fourth-order valence-corrected chi connectivity index (χ4v) is 2.86. The Morgan fingerprint density at radius 1 is 1.28 bits per heavy atom. The minimum Gasteiger partial charge on any atom is -0.467 e. The molecule has 4 rings (SSSR count). The molecule has 1 aromatic carbocycles. The van der Waals surface area contributed by atoms with Crippen LogP contribution >= 0.6 is 0 Å². The Morgan fingerprint density at radius 2 is 2.22 bits per heavy atom. The number of hydrogen-bond acceptors (Lipinski definition) is 3. The summed E-state index contributed by atoms with van der Waals surface area (Å²) in [7, 11) is 0. The number of hydrogen-bond donors (Lipinski definition) is 0. The first-order chi connectivity index (χ1) is 8.81. The molecule has 2 atom stereocenters. The van der Waals surface area contributed by atoms with E-state index in [0.717, 1.165) is 29.9 Å². The van der Waals surface area contributed by atoms with Crippen molar-refractivity contribution in [3.05, 3.63) is 53.7 Å². The lowest BCUT2D eigenvalue weighted by Gasteiger charge is -2.29. The van der Waals surface area contributed by atoms with Gasteiger partial charge in [-0.05, 0) is 35.9 Å². The Labute approximate surface area is 104 Å². The minimum atomic E-state index is -0.189. The average Bonchev–Trinajstić information content (AvgIpc) is 2.97. The van der Waals surface area contributed by atoms with Crippen molar-refractivity contribution in [1.29, 1.82) is 0 Å². The number of benzene rings is 1. The number of furan rings is 1. The van der Waals surface area contributed by atoms with Gasteiger partial charge in [-0.1, -0.05) is 0 Å². The van der Waals surface area contributed by atoms with Crippen LogP contribution in [0.3, 0.4) is 0 Å². The summed E-state index contributed by atoms with van der Waals surface area (Å²) in [6, 6.07) is 8.78. The van der Waals surface area contributed by atoms with E-state index in [-0.39, 0.29) is 18.0 Å². The van der Waals surface area contributed by atoms with Gasteiger partial charge in [0.15, 0.2) is 0 Å². The summed E-state index contributed by atoms with van der Waals surface area (Å²) in [5.41, 5.74) is 1.96. The van der Waals surface area contributed by atoms with Crippen LogP contribution in [0.15, 0.2) is 41.0 Å². The van der Waals surface area contributed by atoms with Crippen molar-refractivity contribution in [2.24, 2.45) is 0 Å². The van der Waals surface area contributed by atoms with Crippen LogP contribution in [0, 0.1) is 5.82 Å². The Morgan fingerprint density at radius 3 is 3.06 bits per heavy atom. The van der Waals surface area contributed by atoms with Gasteiger partial charge < -0.3 is 4.42 Å². The molecular formula is C14H12FNO2. The Bertz CT molecular complexity index is 581. The van der Waals surface area contributed by atoms with Gasteiger partial charge in [0.2, 0.25) is 0 Å². The highest BCUT2D eigenvalue weighted by Crippen LogP contribution is 2.44. The fourth-order valence-electron chi connectivity index (χ4n) is 2.86. The van der Waals surface area contributed by atoms with Gasteiger partial charge in [-0.25, -0.2) is 9.45 Å². The first kappa shape index (κ1) is 10.1. The van der Waals surface area contributed by atoms with E-state index in [4.69, 9.17) is 9.25 Å². The molecule has 92 valence electrons. The molecular weight excluding hydrogens is 233 g/mol. The monoisotopic (exact) mass is 245 g/mol. The standard InChI is InChI=1S/C14H12FNO2/c15-10-3-4-12-9(6-10)7-11-8-13(16(12)18-11)14-2-1-5-17-14/h1-6,11,13H,7-8H2/t11-,13+/m1/s1. The Hall–Kier alpha value is -1.81. The third kappa shape index (κ3) is 1.39. The van der Waals surface area contributed by atoms with Crippen LogP contribution in [-0.4, -0.2) is 6.10 Å². The summed E-state index contributed by atoms with van der Waals surface area (Å²) in [5, 5.41) is 1.86. The lowest BCUT2D eigenvalue weighted by atomic mass is 10.0. The summed E-state index contributed by atoms with van der Waals surface area (Å²) in [5.74, 6) is 0.709. The first-order valence-electron chi connectivity index (χ1n) is 6.09. The Kier molecular flexibility index (Phi) is 2.02. The van der Waals surface area contributed by atoms with Crippen LogP contribution in [-0.2, 0) is 11.3 Å². The number of rotatable bonds is 1. The summed E-state index contributed by atoms with van der Waals surface area (Å²) in [4.78, 5) is 5.85. The number of nitrogens with zero attached hydrogens (tertiary/aromatic N) is 1. The van der Waals surface area contributed by atoms with Crippen molar-refractivity contribution in [3.63, 3.8) is 0 Å². The quantitative estimate of drug-likeness (QED) is 0.771. The maximum absolute atomic E-state index is 13.3. The molecule has 1 fully saturated rings. The highest BCUT2D eigenvalue weighted by molar-refractivity contribution is 5.56. The fraction of sp³-hybridized carbons (Fsp3) is 0.286. The smallest absolute Gasteiger partial charge is 0.128 e. The molecule has 1 aromatic heterocycles. The summed E-state index contributed by atoms with van der Waals surface area (Å²) < 4.78 is 18.7. The van der Waals surface area contributed by atoms with E-state index < -0.39 is 0 Å². The molecule has 0 N–H and O–H groups in total. The van der Waals surface area contributed by atoms with Crippen molar-refractivity contribution in [3.8, 4) is 0 Å². The molecule has 2 aromatic rings. The zero-order valence-corrected chi connectivity index (χ0v) is 9.67. The van der Waals surface area contributed by atoms with Gasteiger partial charge >= 0.3 is 0 Å². The average molecular weight is 245 g/mol. The summed E-state index contributed by atoms with van der Waals surface area (Å²) in [6.07, 6.45) is 3.43. The molecule has 3 heterocycles. The highest BCUT2D eigenvalue weighted by atomic mass is 19.1. The molecule has 18 heavy (non-hydrogen) atoms. The molecule has 0 amide bonds.